The van der Waals surface area contributed by atoms with Crippen molar-refractivity contribution in [2.75, 3.05) is 11.9 Å². The fourth-order valence-corrected chi connectivity index (χ4v) is 2.16. The second-order valence-corrected chi connectivity index (χ2v) is 4.71. The maximum Gasteiger partial charge on any atom is 0.420 e. The number of alkyl halides is 3. The van der Waals surface area contributed by atoms with Crippen LogP contribution in [0.1, 0.15) is 18.9 Å². The Morgan fingerprint density at radius 2 is 1.95 bits per heavy atom. The smallest absolute Gasteiger partial charge is 0.385 e. The SMILES string of the molecule is CCCNc1ccc2c(C(F)(F)F)c(F)c(=O)n(C)c2c1. The van der Waals surface area contributed by atoms with Gasteiger partial charge in [0.25, 0.3) is 5.56 Å². The minimum Gasteiger partial charge on any atom is -0.385 e. The van der Waals surface area contributed by atoms with E-state index in [4.69, 9.17) is 0 Å². The highest BCUT2D eigenvalue weighted by Gasteiger charge is 2.38. The molecule has 2 rings (SSSR count). The van der Waals surface area contributed by atoms with E-state index < -0.39 is 23.1 Å². The highest BCUT2D eigenvalue weighted by molar-refractivity contribution is 5.86. The molecule has 0 atom stereocenters. The monoisotopic (exact) mass is 302 g/mol. The molecule has 0 aliphatic heterocycles. The Hall–Kier alpha value is -2.05. The summed E-state index contributed by atoms with van der Waals surface area (Å²) in [5.74, 6) is -1.77. The third-order valence-electron chi connectivity index (χ3n) is 3.20. The van der Waals surface area contributed by atoms with Crippen LogP contribution >= 0.6 is 0 Å². The number of benzene rings is 1. The molecule has 0 radical (unpaired) electrons. The predicted octanol–water partition coefficient (Wildman–Crippen LogP) is 3.52. The van der Waals surface area contributed by atoms with Crippen molar-refractivity contribution in [1.29, 1.82) is 0 Å². The van der Waals surface area contributed by atoms with Crippen molar-refractivity contribution in [2.24, 2.45) is 7.05 Å². The molecule has 0 bridgehead atoms. The van der Waals surface area contributed by atoms with Crippen molar-refractivity contribution in [1.82, 2.24) is 4.57 Å². The lowest BCUT2D eigenvalue weighted by atomic mass is 10.1. The molecule has 0 saturated heterocycles. The number of anilines is 1. The summed E-state index contributed by atoms with van der Waals surface area (Å²) in [6.07, 6.45) is -4.08. The Morgan fingerprint density at radius 1 is 1.29 bits per heavy atom. The van der Waals surface area contributed by atoms with Gasteiger partial charge in [0, 0.05) is 24.7 Å². The first-order valence-electron chi connectivity index (χ1n) is 6.40. The van der Waals surface area contributed by atoms with Gasteiger partial charge in [-0.1, -0.05) is 13.0 Å². The first-order chi connectivity index (χ1) is 9.77. The fourth-order valence-electron chi connectivity index (χ4n) is 2.16. The molecule has 0 unspecified atom stereocenters. The third-order valence-corrected chi connectivity index (χ3v) is 3.20. The van der Waals surface area contributed by atoms with E-state index in [1.54, 1.807) is 0 Å². The van der Waals surface area contributed by atoms with Crippen LogP contribution in [0.4, 0.5) is 23.2 Å². The number of hydrogen-bond donors (Lipinski definition) is 1. The lowest BCUT2D eigenvalue weighted by molar-refractivity contribution is -0.138. The average Bonchev–Trinajstić information content (AvgIpc) is 2.41. The summed E-state index contributed by atoms with van der Waals surface area (Å²) in [5.41, 5.74) is -2.18. The highest BCUT2D eigenvalue weighted by Crippen LogP contribution is 2.36. The molecule has 114 valence electrons. The number of nitrogens with zero attached hydrogens (tertiary/aromatic N) is 1. The second kappa shape index (κ2) is 5.38. The number of pyridine rings is 1. The summed E-state index contributed by atoms with van der Waals surface area (Å²) in [5, 5.41) is 2.69. The molecule has 0 aliphatic carbocycles. The van der Waals surface area contributed by atoms with E-state index >= 15 is 0 Å². The zero-order valence-corrected chi connectivity index (χ0v) is 11.5. The quantitative estimate of drug-likeness (QED) is 0.880. The Balaban J connectivity index is 2.78. The molecule has 1 heterocycles. The van der Waals surface area contributed by atoms with Gasteiger partial charge in [0.15, 0.2) is 0 Å². The van der Waals surface area contributed by atoms with Crippen molar-refractivity contribution in [3.8, 4) is 0 Å². The van der Waals surface area contributed by atoms with Crippen molar-refractivity contribution < 1.29 is 17.6 Å². The van der Waals surface area contributed by atoms with Crippen LogP contribution in [0.25, 0.3) is 10.9 Å². The first-order valence-corrected chi connectivity index (χ1v) is 6.40. The molecule has 0 spiro atoms. The van der Waals surface area contributed by atoms with Crippen LogP contribution in [-0.2, 0) is 13.2 Å². The molecule has 7 heteroatoms. The van der Waals surface area contributed by atoms with E-state index in [0.29, 0.717) is 12.2 Å². The van der Waals surface area contributed by atoms with Gasteiger partial charge in [-0.05, 0) is 18.6 Å². The molecule has 1 N–H and O–H groups in total. The molecule has 3 nitrogen and oxygen atoms in total. The molecule has 1 aromatic carbocycles. The van der Waals surface area contributed by atoms with Gasteiger partial charge in [-0.15, -0.1) is 0 Å². The van der Waals surface area contributed by atoms with Gasteiger partial charge in [0.05, 0.1) is 5.52 Å². The van der Waals surface area contributed by atoms with Gasteiger partial charge in [-0.3, -0.25) is 4.79 Å². The van der Waals surface area contributed by atoms with Gasteiger partial charge in [-0.25, -0.2) is 4.39 Å². The third kappa shape index (κ3) is 2.72. The molecular weight excluding hydrogens is 288 g/mol. The number of fused-ring (bicyclic) bond motifs is 1. The first kappa shape index (κ1) is 15.3. The largest absolute Gasteiger partial charge is 0.420 e. The van der Waals surface area contributed by atoms with Gasteiger partial charge in [-0.2, -0.15) is 13.2 Å². The molecule has 0 aliphatic rings. The summed E-state index contributed by atoms with van der Waals surface area (Å²) in [6.45, 7) is 2.59. The summed E-state index contributed by atoms with van der Waals surface area (Å²) in [6, 6.07) is 4.04. The minimum absolute atomic E-state index is 0.0369. The van der Waals surface area contributed by atoms with Crippen LogP contribution in [-0.4, -0.2) is 11.1 Å². The Morgan fingerprint density at radius 3 is 2.52 bits per heavy atom. The van der Waals surface area contributed by atoms with Gasteiger partial charge in [0.2, 0.25) is 5.82 Å². The maximum atomic E-state index is 13.7. The number of rotatable bonds is 3. The van der Waals surface area contributed by atoms with Crippen LogP contribution in [0.5, 0.6) is 0 Å². The second-order valence-electron chi connectivity index (χ2n) is 4.71. The molecule has 0 fully saturated rings. The van der Waals surface area contributed by atoms with Crippen molar-refractivity contribution in [3.05, 3.63) is 39.9 Å². The number of hydrogen-bond acceptors (Lipinski definition) is 2. The predicted molar refractivity (Wildman–Crippen MR) is 72.9 cm³/mol. The van der Waals surface area contributed by atoms with E-state index in [-0.39, 0.29) is 10.9 Å². The molecule has 0 amide bonds. The minimum atomic E-state index is -4.92. The van der Waals surface area contributed by atoms with Gasteiger partial charge in [0.1, 0.15) is 5.56 Å². The molecule has 0 saturated carbocycles. The Kier molecular flexibility index (Phi) is 3.93. The summed E-state index contributed by atoms with van der Waals surface area (Å²) in [7, 11) is 1.25. The average molecular weight is 302 g/mol. The highest BCUT2D eigenvalue weighted by atomic mass is 19.4. The maximum absolute atomic E-state index is 13.7. The number of nitrogens with one attached hydrogen (secondary N) is 1. The fraction of sp³-hybridized carbons (Fsp3) is 0.357. The van der Waals surface area contributed by atoms with Crippen LogP contribution in [0.2, 0.25) is 0 Å². The molecular formula is C14H14F4N2O. The van der Waals surface area contributed by atoms with E-state index in [9.17, 15) is 22.4 Å². The van der Waals surface area contributed by atoms with Crippen molar-refractivity contribution in [3.63, 3.8) is 0 Å². The molecule has 2 aromatic rings. The van der Waals surface area contributed by atoms with Crippen molar-refractivity contribution >= 4 is 16.6 Å². The lowest BCUT2D eigenvalue weighted by Gasteiger charge is -2.15. The lowest BCUT2D eigenvalue weighted by Crippen LogP contribution is -2.26. The van der Waals surface area contributed by atoms with Crippen LogP contribution in [0.3, 0.4) is 0 Å². The Bertz CT molecular complexity index is 734. The number of halogens is 4. The topological polar surface area (TPSA) is 34.0 Å². The van der Waals surface area contributed by atoms with Crippen molar-refractivity contribution in [2.45, 2.75) is 19.5 Å². The van der Waals surface area contributed by atoms with Crippen LogP contribution in [0.15, 0.2) is 23.0 Å². The zero-order chi connectivity index (χ0) is 15.8. The summed E-state index contributed by atoms with van der Waals surface area (Å²) >= 11 is 0. The van der Waals surface area contributed by atoms with Gasteiger partial charge < -0.3 is 9.88 Å². The van der Waals surface area contributed by atoms with E-state index in [1.807, 2.05) is 6.92 Å². The number of aromatic nitrogens is 1. The molecule has 1 aromatic heterocycles. The van der Waals surface area contributed by atoms with Crippen LogP contribution in [0, 0.1) is 5.82 Å². The zero-order valence-electron chi connectivity index (χ0n) is 11.5. The van der Waals surface area contributed by atoms with Crippen LogP contribution < -0.4 is 10.9 Å². The van der Waals surface area contributed by atoms with E-state index in [2.05, 4.69) is 5.32 Å². The number of aryl methyl sites for hydroxylation is 1. The van der Waals surface area contributed by atoms with E-state index in [1.165, 1.54) is 25.2 Å². The molecule has 21 heavy (non-hydrogen) atoms. The normalized spacial score (nSPS) is 11.9. The van der Waals surface area contributed by atoms with Gasteiger partial charge >= 0.3 is 6.18 Å². The Labute approximate surface area is 118 Å². The summed E-state index contributed by atoms with van der Waals surface area (Å²) in [4.78, 5) is 11.6. The summed E-state index contributed by atoms with van der Waals surface area (Å²) < 4.78 is 53.6. The van der Waals surface area contributed by atoms with E-state index in [0.717, 1.165) is 11.0 Å². The standard InChI is InChI=1S/C14H14F4N2O/c1-3-6-19-8-4-5-9-10(7-8)20(2)13(21)12(15)11(9)14(16,17)18/h4-5,7,19H,3,6H2,1-2H3.